The van der Waals surface area contributed by atoms with Gasteiger partial charge in [0.25, 0.3) is 5.91 Å². The minimum Gasteiger partial charge on any atom is -0.493 e. The summed E-state index contributed by atoms with van der Waals surface area (Å²) in [6.45, 7) is 2.70. The maximum absolute atomic E-state index is 12.4. The molecule has 0 aliphatic heterocycles. The van der Waals surface area contributed by atoms with E-state index in [0.29, 0.717) is 29.3 Å². The van der Waals surface area contributed by atoms with Crippen molar-refractivity contribution in [2.24, 2.45) is 0 Å². The smallest absolute Gasteiger partial charge is 0.255 e. The summed E-state index contributed by atoms with van der Waals surface area (Å²) in [6, 6.07) is 13.3. The maximum Gasteiger partial charge on any atom is 0.255 e. The summed E-state index contributed by atoms with van der Waals surface area (Å²) >= 11 is 0. The van der Waals surface area contributed by atoms with Crippen molar-refractivity contribution in [3.63, 3.8) is 0 Å². The number of hydrogen-bond donors (Lipinski definition) is 1. The van der Waals surface area contributed by atoms with Crippen molar-refractivity contribution in [3.8, 4) is 11.5 Å². The second kappa shape index (κ2) is 7.74. The van der Waals surface area contributed by atoms with E-state index in [1.807, 2.05) is 0 Å². The van der Waals surface area contributed by atoms with Crippen LogP contribution in [0.15, 0.2) is 54.9 Å². The van der Waals surface area contributed by atoms with Gasteiger partial charge in [0.05, 0.1) is 32.6 Å². The third-order valence-electron chi connectivity index (χ3n) is 4.00. The molecule has 0 spiro atoms. The Kier molecular flexibility index (Phi) is 5.22. The van der Waals surface area contributed by atoms with Crippen molar-refractivity contribution in [2.45, 2.75) is 13.5 Å². The van der Waals surface area contributed by atoms with Crippen molar-refractivity contribution in [1.82, 2.24) is 9.78 Å². The molecule has 0 saturated heterocycles. The third-order valence-corrected chi connectivity index (χ3v) is 4.00. The van der Waals surface area contributed by atoms with Crippen LogP contribution in [0.5, 0.6) is 11.5 Å². The van der Waals surface area contributed by atoms with E-state index in [1.54, 1.807) is 42.4 Å². The first-order valence-electron chi connectivity index (χ1n) is 8.20. The van der Waals surface area contributed by atoms with Gasteiger partial charge < -0.3 is 14.8 Å². The highest BCUT2D eigenvalue weighted by atomic mass is 16.5. The largest absolute Gasteiger partial charge is 0.493 e. The number of carbonyl (C=O) groups is 1. The van der Waals surface area contributed by atoms with Crippen molar-refractivity contribution >= 4 is 11.6 Å². The number of aromatic nitrogens is 2. The van der Waals surface area contributed by atoms with Gasteiger partial charge in [-0.05, 0) is 30.7 Å². The van der Waals surface area contributed by atoms with Crippen LogP contribution >= 0.6 is 0 Å². The second-order valence-corrected chi connectivity index (χ2v) is 5.94. The van der Waals surface area contributed by atoms with Crippen LogP contribution in [0.4, 0.5) is 5.69 Å². The number of nitrogens with one attached hydrogen (secondary N) is 1. The molecule has 0 radical (unpaired) electrons. The zero-order valence-corrected chi connectivity index (χ0v) is 15.0. The Balaban J connectivity index is 1.68. The van der Waals surface area contributed by atoms with Gasteiger partial charge in [0, 0.05) is 11.8 Å². The highest BCUT2D eigenvalue weighted by Gasteiger charge is 2.12. The molecule has 0 fully saturated rings. The topological polar surface area (TPSA) is 65.4 Å². The zero-order chi connectivity index (χ0) is 18.5. The van der Waals surface area contributed by atoms with E-state index in [4.69, 9.17) is 9.47 Å². The highest BCUT2D eigenvalue weighted by Crippen LogP contribution is 2.27. The third kappa shape index (κ3) is 4.03. The standard InChI is InChI=1S/C20H21N3O3/c1-14-4-6-15(7-5-14)12-23-13-17(11-21-23)22-20(24)16-8-9-18(25-2)19(10-16)26-3/h4-11,13H,12H2,1-3H3,(H,22,24). The summed E-state index contributed by atoms with van der Waals surface area (Å²) in [5.74, 6) is 0.853. The van der Waals surface area contributed by atoms with E-state index in [2.05, 4.69) is 41.6 Å². The van der Waals surface area contributed by atoms with E-state index in [0.717, 1.165) is 5.56 Å². The molecule has 0 bridgehead atoms. The van der Waals surface area contributed by atoms with Crippen LogP contribution in [-0.4, -0.2) is 29.9 Å². The van der Waals surface area contributed by atoms with Gasteiger partial charge in [-0.1, -0.05) is 29.8 Å². The average Bonchev–Trinajstić information content (AvgIpc) is 3.09. The first-order chi connectivity index (χ1) is 12.6. The van der Waals surface area contributed by atoms with Crippen LogP contribution in [0.3, 0.4) is 0 Å². The number of rotatable bonds is 6. The molecule has 1 amide bonds. The summed E-state index contributed by atoms with van der Waals surface area (Å²) in [6.07, 6.45) is 3.44. The molecule has 0 saturated carbocycles. The van der Waals surface area contributed by atoms with E-state index < -0.39 is 0 Å². The number of benzene rings is 2. The summed E-state index contributed by atoms with van der Waals surface area (Å²) in [7, 11) is 3.09. The van der Waals surface area contributed by atoms with Crippen LogP contribution in [0, 0.1) is 6.92 Å². The Morgan fingerprint density at radius 1 is 1.08 bits per heavy atom. The molecule has 6 heteroatoms. The predicted octanol–water partition coefficient (Wildman–Crippen LogP) is 3.51. The molecule has 0 atom stereocenters. The highest BCUT2D eigenvalue weighted by molar-refractivity contribution is 6.04. The number of ether oxygens (including phenoxy) is 2. The normalized spacial score (nSPS) is 10.4. The molecule has 0 aliphatic rings. The summed E-state index contributed by atoms with van der Waals surface area (Å²) in [4.78, 5) is 12.4. The van der Waals surface area contributed by atoms with Crippen molar-refractivity contribution < 1.29 is 14.3 Å². The van der Waals surface area contributed by atoms with E-state index in [9.17, 15) is 4.79 Å². The molecule has 26 heavy (non-hydrogen) atoms. The number of carbonyl (C=O) groups excluding carboxylic acids is 1. The summed E-state index contributed by atoms with van der Waals surface area (Å²) in [5, 5.41) is 7.14. The first kappa shape index (κ1) is 17.5. The second-order valence-electron chi connectivity index (χ2n) is 5.94. The molecular weight excluding hydrogens is 330 g/mol. The van der Waals surface area contributed by atoms with Gasteiger partial charge in [-0.25, -0.2) is 0 Å². The molecule has 0 aliphatic carbocycles. The number of hydrogen-bond acceptors (Lipinski definition) is 4. The SMILES string of the molecule is COc1ccc(C(=O)Nc2cnn(Cc3ccc(C)cc3)c2)cc1OC. The Bertz CT molecular complexity index is 901. The molecule has 3 rings (SSSR count). The quantitative estimate of drug-likeness (QED) is 0.738. The van der Waals surface area contributed by atoms with Gasteiger partial charge in [-0.3, -0.25) is 9.48 Å². The lowest BCUT2D eigenvalue weighted by molar-refractivity contribution is 0.102. The molecule has 1 aromatic heterocycles. The van der Waals surface area contributed by atoms with Gasteiger partial charge >= 0.3 is 0 Å². The van der Waals surface area contributed by atoms with Gasteiger partial charge in [-0.2, -0.15) is 5.10 Å². The molecular formula is C20H21N3O3. The first-order valence-corrected chi connectivity index (χ1v) is 8.20. The molecule has 134 valence electrons. The van der Waals surface area contributed by atoms with Gasteiger partial charge in [-0.15, -0.1) is 0 Å². The zero-order valence-electron chi connectivity index (χ0n) is 15.0. The number of methoxy groups -OCH3 is 2. The fourth-order valence-electron chi connectivity index (χ4n) is 2.58. The van der Waals surface area contributed by atoms with Crippen molar-refractivity contribution in [3.05, 3.63) is 71.5 Å². The Labute approximate surface area is 152 Å². The molecule has 1 heterocycles. The Morgan fingerprint density at radius 3 is 2.50 bits per heavy atom. The van der Waals surface area contributed by atoms with E-state index in [-0.39, 0.29) is 5.91 Å². The van der Waals surface area contributed by atoms with E-state index >= 15 is 0 Å². The molecule has 2 aromatic carbocycles. The molecule has 0 unspecified atom stereocenters. The Morgan fingerprint density at radius 2 is 1.81 bits per heavy atom. The molecule has 3 aromatic rings. The maximum atomic E-state index is 12.4. The van der Waals surface area contributed by atoms with Crippen molar-refractivity contribution in [2.75, 3.05) is 19.5 Å². The molecule has 1 N–H and O–H groups in total. The number of aryl methyl sites for hydroxylation is 1. The fraction of sp³-hybridized carbons (Fsp3) is 0.200. The number of amides is 1. The van der Waals surface area contributed by atoms with Crippen molar-refractivity contribution in [1.29, 1.82) is 0 Å². The number of anilines is 1. The summed E-state index contributed by atoms with van der Waals surface area (Å²) in [5.41, 5.74) is 3.49. The van der Waals surface area contributed by atoms with Crippen LogP contribution in [0.1, 0.15) is 21.5 Å². The van der Waals surface area contributed by atoms with Crippen LogP contribution in [0.25, 0.3) is 0 Å². The fourth-order valence-corrected chi connectivity index (χ4v) is 2.58. The number of nitrogens with zero attached hydrogens (tertiary/aromatic N) is 2. The van der Waals surface area contributed by atoms with Crippen LogP contribution < -0.4 is 14.8 Å². The minimum atomic E-state index is -0.235. The molecule has 6 nitrogen and oxygen atoms in total. The average molecular weight is 351 g/mol. The van der Waals surface area contributed by atoms with Gasteiger partial charge in [0.15, 0.2) is 11.5 Å². The van der Waals surface area contributed by atoms with Crippen LogP contribution in [0.2, 0.25) is 0 Å². The monoisotopic (exact) mass is 351 g/mol. The van der Waals surface area contributed by atoms with Gasteiger partial charge in [0.1, 0.15) is 0 Å². The lowest BCUT2D eigenvalue weighted by Crippen LogP contribution is -2.11. The minimum absolute atomic E-state index is 0.235. The van der Waals surface area contributed by atoms with Gasteiger partial charge in [0.2, 0.25) is 0 Å². The lowest BCUT2D eigenvalue weighted by Gasteiger charge is -2.09. The van der Waals surface area contributed by atoms with Crippen LogP contribution in [-0.2, 0) is 6.54 Å². The predicted molar refractivity (Wildman–Crippen MR) is 100 cm³/mol. The Hall–Kier alpha value is -3.28. The van der Waals surface area contributed by atoms with E-state index in [1.165, 1.54) is 12.7 Å². The lowest BCUT2D eigenvalue weighted by atomic mass is 10.1. The summed E-state index contributed by atoms with van der Waals surface area (Å²) < 4.78 is 12.2.